The van der Waals surface area contributed by atoms with Gasteiger partial charge >= 0.3 is 0 Å². The van der Waals surface area contributed by atoms with E-state index in [2.05, 4.69) is 27.7 Å². The Morgan fingerprint density at radius 2 is 1.75 bits per heavy atom. The van der Waals surface area contributed by atoms with Gasteiger partial charge in [0.1, 0.15) is 4.32 Å². The lowest BCUT2D eigenvalue weighted by Gasteiger charge is -2.34. The number of aliphatic hydroxyl groups is 1. The molecule has 16 heavy (non-hydrogen) atoms. The number of rotatable bonds is 6. The minimum absolute atomic E-state index is 0.267. The van der Waals surface area contributed by atoms with Crippen molar-refractivity contribution in [2.75, 3.05) is 52.4 Å². The van der Waals surface area contributed by atoms with E-state index < -0.39 is 0 Å². The van der Waals surface area contributed by atoms with Gasteiger partial charge in [-0.25, -0.2) is 0 Å². The highest BCUT2D eigenvalue weighted by Crippen LogP contribution is 2.01. The zero-order valence-corrected chi connectivity index (χ0v) is 11.3. The molecule has 0 spiro atoms. The molecule has 6 heteroatoms. The van der Waals surface area contributed by atoms with Gasteiger partial charge in [-0.2, -0.15) is 0 Å². The molecule has 4 nitrogen and oxygen atoms in total. The third-order valence-electron chi connectivity index (χ3n) is 2.81. The van der Waals surface area contributed by atoms with E-state index in [-0.39, 0.29) is 6.61 Å². The third-order valence-corrected chi connectivity index (χ3v) is 3.11. The average molecular weight is 263 g/mol. The predicted molar refractivity (Wildman–Crippen MR) is 74.2 cm³/mol. The van der Waals surface area contributed by atoms with Gasteiger partial charge in [0, 0.05) is 39.3 Å². The summed E-state index contributed by atoms with van der Waals surface area (Å²) < 4.78 is 0.577. The quantitative estimate of drug-likeness (QED) is 0.351. The first-order valence-electron chi connectivity index (χ1n) is 5.74. The van der Waals surface area contributed by atoms with E-state index >= 15 is 0 Å². The number of hydrogen-bond donors (Lipinski definition) is 3. The van der Waals surface area contributed by atoms with Crippen LogP contribution in [-0.2, 0) is 0 Å². The first-order chi connectivity index (χ1) is 7.72. The number of piperazine rings is 1. The molecule has 1 aliphatic heterocycles. The van der Waals surface area contributed by atoms with Crippen molar-refractivity contribution in [2.24, 2.45) is 0 Å². The van der Waals surface area contributed by atoms with Gasteiger partial charge in [-0.3, -0.25) is 4.90 Å². The Labute approximate surface area is 108 Å². The first kappa shape index (κ1) is 14.2. The highest BCUT2D eigenvalue weighted by Gasteiger charge is 2.15. The van der Waals surface area contributed by atoms with Crippen LogP contribution in [0.1, 0.15) is 6.42 Å². The molecule has 0 aromatic rings. The van der Waals surface area contributed by atoms with Crippen LogP contribution in [0.15, 0.2) is 0 Å². The van der Waals surface area contributed by atoms with Crippen molar-refractivity contribution >= 4 is 29.2 Å². The summed E-state index contributed by atoms with van der Waals surface area (Å²) in [6.07, 6.45) is 1.10. The Morgan fingerprint density at radius 3 is 2.25 bits per heavy atom. The van der Waals surface area contributed by atoms with Crippen molar-refractivity contribution in [3.8, 4) is 0 Å². The molecule has 94 valence electrons. The molecule has 0 aromatic heterocycles. The maximum absolute atomic E-state index is 8.83. The summed E-state index contributed by atoms with van der Waals surface area (Å²) in [5.74, 6) is 0. The van der Waals surface area contributed by atoms with Gasteiger partial charge in [0.25, 0.3) is 0 Å². The van der Waals surface area contributed by atoms with Gasteiger partial charge < -0.3 is 15.3 Å². The van der Waals surface area contributed by atoms with Crippen molar-refractivity contribution in [3.63, 3.8) is 0 Å². The lowest BCUT2D eigenvalue weighted by molar-refractivity contribution is 0.112. The van der Waals surface area contributed by atoms with Crippen LogP contribution in [0.5, 0.6) is 0 Å². The summed E-state index contributed by atoms with van der Waals surface area (Å²) in [6.45, 7) is 7.43. The zero-order chi connectivity index (χ0) is 11.8. The lowest BCUT2D eigenvalue weighted by atomic mass is 10.3. The van der Waals surface area contributed by atoms with E-state index in [4.69, 9.17) is 17.3 Å². The summed E-state index contributed by atoms with van der Waals surface area (Å²) in [6, 6.07) is 0. The second-order valence-corrected chi connectivity index (χ2v) is 5.15. The fourth-order valence-corrected chi connectivity index (χ4v) is 2.09. The fourth-order valence-electron chi connectivity index (χ4n) is 1.88. The average Bonchev–Trinajstić information content (AvgIpc) is 2.27. The Morgan fingerprint density at radius 1 is 1.19 bits per heavy atom. The smallest absolute Gasteiger partial charge is 0.130 e. The van der Waals surface area contributed by atoms with Crippen LogP contribution >= 0.6 is 24.8 Å². The van der Waals surface area contributed by atoms with E-state index in [9.17, 15) is 0 Å². The molecular weight excluding hydrogens is 242 g/mol. The molecule has 1 saturated heterocycles. The lowest BCUT2D eigenvalue weighted by Crippen LogP contribution is -2.47. The van der Waals surface area contributed by atoms with Crippen LogP contribution in [0.2, 0.25) is 0 Å². The first-order valence-corrected chi connectivity index (χ1v) is 6.60. The monoisotopic (exact) mass is 263 g/mol. The Hall–Kier alpha value is 0.120. The maximum Gasteiger partial charge on any atom is 0.130 e. The maximum atomic E-state index is 8.83. The number of β-amino-alcohol motifs (C(OH)–C–C–N with tert-alkyl or cyclic N) is 1. The van der Waals surface area contributed by atoms with E-state index in [1.807, 2.05) is 0 Å². The number of aliphatic hydroxyl groups excluding tert-OH is 1. The second-order valence-electron chi connectivity index (χ2n) is 3.99. The van der Waals surface area contributed by atoms with Gasteiger partial charge in [0.05, 0.1) is 6.61 Å². The Kier molecular flexibility index (Phi) is 7.31. The second kappa shape index (κ2) is 8.25. The van der Waals surface area contributed by atoms with Crippen molar-refractivity contribution in [2.45, 2.75) is 6.42 Å². The minimum atomic E-state index is 0.267. The van der Waals surface area contributed by atoms with Crippen LogP contribution in [0.25, 0.3) is 0 Å². The highest BCUT2D eigenvalue weighted by molar-refractivity contribution is 8.11. The highest BCUT2D eigenvalue weighted by atomic mass is 32.1. The molecular formula is C10H21N3OS2. The molecule has 2 N–H and O–H groups in total. The van der Waals surface area contributed by atoms with Crippen molar-refractivity contribution in [3.05, 3.63) is 0 Å². The van der Waals surface area contributed by atoms with Gasteiger partial charge in [0.15, 0.2) is 0 Å². The number of thiocarbonyl (C=S) groups is 1. The normalized spacial score (nSPS) is 18.6. The van der Waals surface area contributed by atoms with Crippen LogP contribution in [0.4, 0.5) is 0 Å². The summed E-state index contributed by atoms with van der Waals surface area (Å²) in [4.78, 5) is 4.76. The SMILES string of the molecule is OCCN1CCN(CCCNC(=S)S)CC1. The van der Waals surface area contributed by atoms with Crippen molar-refractivity contribution in [1.82, 2.24) is 15.1 Å². The Bertz CT molecular complexity index is 208. The largest absolute Gasteiger partial charge is 0.395 e. The molecule has 1 rings (SSSR count). The molecule has 0 saturated carbocycles. The summed E-state index contributed by atoms with van der Waals surface area (Å²) in [5, 5.41) is 11.9. The van der Waals surface area contributed by atoms with Crippen molar-refractivity contribution < 1.29 is 5.11 Å². The van der Waals surface area contributed by atoms with Gasteiger partial charge in [-0.15, -0.1) is 12.6 Å². The third kappa shape index (κ3) is 6.00. The molecule has 0 aliphatic carbocycles. The minimum Gasteiger partial charge on any atom is -0.395 e. The predicted octanol–water partition coefficient (Wildman–Crippen LogP) is -0.209. The molecule has 0 radical (unpaired) electrons. The molecule has 0 aromatic carbocycles. The summed E-state index contributed by atoms with van der Waals surface area (Å²) >= 11 is 8.83. The van der Waals surface area contributed by atoms with Gasteiger partial charge in [-0.1, -0.05) is 12.2 Å². The number of hydrogen-bond acceptors (Lipinski definition) is 4. The number of nitrogens with zero attached hydrogens (tertiary/aromatic N) is 2. The van der Waals surface area contributed by atoms with Crippen LogP contribution < -0.4 is 5.32 Å². The van der Waals surface area contributed by atoms with Gasteiger partial charge in [-0.05, 0) is 13.0 Å². The van der Waals surface area contributed by atoms with Crippen LogP contribution in [0.3, 0.4) is 0 Å². The van der Waals surface area contributed by atoms with Crippen LogP contribution in [0, 0.1) is 0 Å². The molecule has 0 unspecified atom stereocenters. The Balaban J connectivity index is 2.01. The molecule has 1 heterocycles. The van der Waals surface area contributed by atoms with Crippen LogP contribution in [-0.4, -0.2) is 71.6 Å². The van der Waals surface area contributed by atoms with E-state index in [0.29, 0.717) is 4.32 Å². The van der Waals surface area contributed by atoms with E-state index in [1.54, 1.807) is 0 Å². The standard InChI is InChI=1S/C10H21N3OS2/c14-9-8-13-6-4-12(5-7-13)3-1-2-11-10(15)16/h14H,1-9H2,(H2,11,15,16). The van der Waals surface area contributed by atoms with Gasteiger partial charge in [0.2, 0.25) is 0 Å². The summed E-state index contributed by atoms with van der Waals surface area (Å²) in [7, 11) is 0. The zero-order valence-electron chi connectivity index (χ0n) is 9.56. The summed E-state index contributed by atoms with van der Waals surface area (Å²) in [5.41, 5.74) is 0. The molecule has 1 fully saturated rings. The topological polar surface area (TPSA) is 38.7 Å². The van der Waals surface area contributed by atoms with E-state index in [1.165, 1.54) is 0 Å². The van der Waals surface area contributed by atoms with Crippen molar-refractivity contribution in [1.29, 1.82) is 0 Å². The fraction of sp³-hybridized carbons (Fsp3) is 0.900. The van der Waals surface area contributed by atoms with E-state index in [0.717, 1.165) is 52.2 Å². The molecule has 1 aliphatic rings. The molecule has 0 atom stereocenters. The number of nitrogens with one attached hydrogen (secondary N) is 1. The number of thiol groups is 1. The molecule has 0 amide bonds. The molecule has 0 bridgehead atoms.